The molecule has 0 spiro atoms. The molecule has 0 atom stereocenters. The lowest BCUT2D eigenvalue weighted by Gasteiger charge is -2.23. The number of aromatic nitrogens is 4. The minimum Gasteiger partial charge on any atom is -0.309 e. The van der Waals surface area contributed by atoms with Gasteiger partial charge in [0.05, 0.1) is 11.0 Å². The van der Waals surface area contributed by atoms with Crippen LogP contribution in [0.4, 0.5) is 0 Å². The van der Waals surface area contributed by atoms with Crippen LogP contribution in [0.2, 0.25) is 0 Å². The third-order valence-corrected chi connectivity index (χ3v) is 12.6. The molecule has 2 aromatic heterocycles. The van der Waals surface area contributed by atoms with Crippen LogP contribution in [0, 0.1) is 0 Å². The first kappa shape index (κ1) is 34.4. The van der Waals surface area contributed by atoms with E-state index < -0.39 is 0 Å². The third kappa shape index (κ3) is 5.34. The van der Waals surface area contributed by atoms with Crippen molar-refractivity contribution in [3.05, 3.63) is 205 Å². The largest absolute Gasteiger partial charge is 0.309 e. The van der Waals surface area contributed by atoms with E-state index >= 15 is 0 Å². The van der Waals surface area contributed by atoms with E-state index in [0.29, 0.717) is 17.5 Å². The minimum absolute atomic E-state index is 0.223. The van der Waals surface area contributed by atoms with Crippen molar-refractivity contribution in [2.45, 2.75) is 19.3 Å². The fourth-order valence-electron chi connectivity index (χ4n) is 9.67. The molecule has 60 heavy (non-hydrogen) atoms. The number of fused-ring (bicyclic) bond motifs is 9. The van der Waals surface area contributed by atoms with Crippen LogP contribution in [0.25, 0.3) is 105 Å². The van der Waals surface area contributed by atoms with Crippen molar-refractivity contribution >= 4 is 43.4 Å². The number of nitrogens with zero attached hydrogens (tertiary/aromatic N) is 4. The van der Waals surface area contributed by atoms with Crippen molar-refractivity contribution < 1.29 is 0 Å². The molecule has 0 saturated carbocycles. The summed E-state index contributed by atoms with van der Waals surface area (Å²) in [5, 5.41) is 7.27. The van der Waals surface area contributed by atoms with Gasteiger partial charge in [-0.2, -0.15) is 0 Å². The molecule has 11 aromatic rings. The van der Waals surface area contributed by atoms with Crippen LogP contribution in [0.1, 0.15) is 25.0 Å². The summed E-state index contributed by atoms with van der Waals surface area (Å²) in [7, 11) is 0. The quantitative estimate of drug-likeness (QED) is 0.175. The SMILES string of the molecule is CC1(C)c2ccc(-c3ccc4c(c3)c3ccccc3n4-c3ccccc3)cc2-c2ccc3ccc(-c4nc(-c5ccccc5)nc(-c5ccc6ccccc6c5)n4)cc3c21. The second-order valence-corrected chi connectivity index (χ2v) is 16.5. The topological polar surface area (TPSA) is 43.6 Å². The van der Waals surface area contributed by atoms with Crippen molar-refractivity contribution in [3.8, 4) is 62.1 Å². The first-order chi connectivity index (χ1) is 29.5. The Morgan fingerprint density at radius 2 is 0.933 bits per heavy atom. The van der Waals surface area contributed by atoms with Crippen LogP contribution in [0.15, 0.2) is 194 Å². The zero-order valence-corrected chi connectivity index (χ0v) is 33.3. The Morgan fingerprint density at radius 3 is 1.73 bits per heavy atom. The highest BCUT2D eigenvalue weighted by Gasteiger charge is 2.37. The molecule has 0 unspecified atom stereocenters. The molecule has 9 aromatic carbocycles. The molecule has 0 radical (unpaired) electrons. The summed E-state index contributed by atoms with van der Waals surface area (Å²) < 4.78 is 2.37. The van der Waals surface area contributed by atoms with Gasteiger partial charge in [-0.3, -0.25) is 0 Å². The monoisotopic (exact) mass is 766 g/mol. The zero-order valence-electron chi connectivity index (χ0n) is 33.3. The average Bonchev–Trinajstić information content (AvgIpc) is 3.76. The molecular weight excluding hydrogens is 729 g/mol. The smallest absolute Gasteiger partial charge is 0.164 e. The highest BCUT2D eigenvalue weighted by atomic mass is 15.0. The Labute approximate surface area is 348 Å². The maximum absolute atomic E-state index is 5.16. The second-order valence-electron chi connectivity index (χ2n) is 16.5. The van der Waals surface area contributed by atoms with E-state index in [1.165, 1.54) is 77.0 Å². The normalized spacial score (nSPS) is 13.0. The lowest BCUT2D eigenvalue weighted by molar-refractivity contribution is 0.666. The molecular formula is C56H38N4. The van der Waals surface area contributed by atoms with Crippen LogP contribution in [0.5, 0.6) is 0 Å². The molecule has 0 N–H and O–H groups in total. The number of rotatable bonds is 5. The van der Waals surface area contributed by atoms with Gasteiger partial charge in [0.2, 0.25) is 0 Å². The van der Waals surface area contributed by atoms with Gasteiger partial charge in [-0.05, 0) is 103 Å². The molecule has 0 saturated heterocycles. The van der Waals surface area contributed by atoms with Crippen LogP contribution < -0.4 is 0 Å². The average molecular weight is 767 g/mol. The van der Waals surface area contributed by atoms with Crippen LogP contribution in [-0.2, 0) is 5.41 Å². The Balaban J connectivity index is 0.988. The van der Waals surface area contributed by atoms with E-state index in [-0.39, 0.29) is 5.41 Å². The first-order valence-electron chi connectivity index (χ1n) is 20.6. The summed E-state index contributed by atoms with van der Waals surface area (Å²) in [6.45, 7) is 4.73. The van der Waals surface area contributed by atoms with E-state index in [9.17, 15) is 0 Å². The molecule has 0 amide bonds. The van der Waals surface area contributed by atoms with E-state index in [1.807, 2.05) is 18.2 Å². The van der Waals surface area contributed by atoms with E-state index in [1.54, 1.807) is 0 Å². The van der Waals surface area contributed by atoms with Crippen LogP contribution >= 0.6 is 0 Å². The lowest BCUT2D eigenvalue weighted by Crippen LogP contribution is -2.15. The van der Waals surface area contributed by atoms with Gasteiger partial charge in [0.25, 0.3) is 0 Å². The number of para-hydroxylation sites is 2. The maximum Gasteiger partial charge on any atom is 0.164 e. The van der Waals surface area contributed by atoms with Gasteiger partial charge in [-0.25, -0.2) is 15.0 Å². The van der Waals surface area contributed by atoms with Gasteiger partial charge >= 0.3 is 0 Å². The summed E-state index contributed by atoms with van der Waals surface area (Å²) in [6, 6.07) is 69.7. The molecule has 4 heteroatoms. The second kappa shape index (κ2) is 13.2. The zero-order chi connectivity index (χ0) is 40.0. The van der Waals surface area contributed by atoms with Crippen LogP contribution in [0.3, 0.4) is 0 Å². The molecule has 0 fully saturated rings. The van der Waals surface area contributed by atoms with E-state index in [2.05, 4.69) is 194 Å². The number of hydrogen-bond acceptors (Lipinski definition) is 3. The molecule has 1 aliphatic carbocycles. The molecule has 4 nitrogen and oxygen atoms in total. The predicted molar refractivity (Wildman–Crippen MR) is 248 cm³/mol. The first-order valence-corrected chi connectivity index (χ1v) is 20.6. The van der Waals surface area contributed by atoms with E-state index in [4.69, 9.17) is 15.0 Å². The Morgan fingerprint density at radius 1 is 0.367 bits per heavy atom. The summed E-state index contributed by atoms with van der Waals surface area (Å²) in [5.74, 6) is 1.97. The summed E-state index contributed by atoms with van der Waals surface area (Å²) in [6.07, 6.45) is 0. The van der Waals surface area contributed by atoms with Crippen molar-refractivity contribution in [1.82, 2.24) is 19.5 Å². The van der Waals surface area contributed by atoms with Gasteiger partial charge in [0.15, 0.2) is 17.5 Å². The van der Waals surface area contributed by atoms with Gasteiger partial charge in [0, 0.05) is 38.6 Å². The minimum atomic E-state index is -0.223. The summed E-state index contributed by atoms with van der Waals surface area (Å²) >= 11 is 0. The molecule has 282 valence electrons. The highest BCUT2D eigenvalue weighted by molar-refractivity contribution is 6.10. The van der Waals surface area contributed by atoms with Gasteiger partial charge in [0.1, 0.15) is 0 Å². The molecule has 12 rings (SSSR count). The molecule has 0 bridgehead atoms. The fraction of sp³-hybridized carbons (Fsp3) is 0.0536. The lowest BCUT2D eigenvalue weighted by atomic mass is 9.80. The van der Waals surface area contributed by atoms with Gasteiger partial charge < -0.3 is 4.57 Å². The Kier molecular flexibility index (Phi) is 7.54. The fourth-order valence-corrected chi connectivity index (χ4v) is 9.67. The predicted octanol–water partition coefficient (Wildman–Crippen LogP) is 14.2. The number of benzene rings is 9. The standard InChI is InChI=1S/C56H38N4/c1-56(2)49-29-26-39(40-27-30-51-48(33-40)44-19-11-12-20-50(44)60(51)43-17-7-4-8-18-43)32-47(49)45-28-25-36-22-24-42(34-46(36)52(45)56)55-58-53(37-14-5-3-6-15-37)57-54(59-55)41-23-21-35-13-9-10-16-38(35)31-41/h3-34H,1-2H3. The molecule has 0 aliphatic heterocycles. The highest BCUT2D eigenvalue weighted by Crippen LogP contribution is 2.52. The summed E-state index contributed by atoms with van der Waals surface area (Å²) in [5.41, 5.74) is 13.9. The summed E-state index contributed by atoms with van der Waals surface area (Å²) in [4.78, 5) is 15.3. The van der Waals surface area contributed by atoms with Crippen molar-refractivity contribution in [2.24, 2.45) is 0 Å². The van der Waals surface area contributed by atoms with Crippen molar-refractivity contribution in [3.63, 3.8) is 0 Å². The van der Waals surface area contributed by atoms with E-state index in [0.717, 1.165) is 22.1 Å². The number of hydrogen-bond donors (Lipinski definition) is 0. The molecule has 1 aliphatic rings. The Hall–Kier alpha value is -7.69. The van der Waals surface area contributed by atoms with Gasteiger partial charge in [-0.1, -0.05) is 159 Å². The van der Waals surface area contributed by atoms with Crippen molar-refractivity contribution in [2.75, 3.05) is 0 Å². The van der Waals surface area contributed by atoms with Crippen molar-refractivity contribution in [1.29, 1.82) is 0 Å². The Bertz CT molecular complexity index is 3510. The van der Waals surface area contributed by atoms with Gasteiger partial charge in [-0.15, -0.1) is 0 Å². The molecule has 2 heterocycles. The van der Waals surface area contributed by atoms with Crippen LogP contribution in [-0.4, -0.2) is 19.5 Å². The maximum atomic E-state index is 5.16. The third-order valence-electron chi connectivity index (χ3n) is 12.6.